The predicted molar refractivity (Wildman–Crippen MR) is 109 cm³/mol. The van der Waals surface area contributed by atoms with E-state index in [4.69, 9.17) is 14.2 Å². The van der Waals surface area contributed by atoms with Gasteiger partial charge in [0.25, 0.3) is 0 Å². The van der Waals surface area contributed by atoms with Gasteiger partial charge < -0.3 is 18.9 Å². The van der Waals surface area contributed by atoms with Crippen molar-refractivity contribution in [2.45, 2.75) is 39.7 Å². The molecular formula is C19H28O7S2. The van der Waals surface area contributed by atoms with Crippen LogP contribution in [0.25, 0.3) is 0 Å². The van der Waals surface area contributed by atoms with Crippen molar-refractivity contribution in [3.8, 4) is 0 Å². The van der Waals surface area contributed by atoms with Gasteiger partial charge in [-0.05, 0) is 25.5 Å². The highest BCUT2D eigenvalue weighted by Crippen LogP contribution is 2.27. The minimum Gasteiger partial charge on any atom is -0.465 e. The number of Topliss-reactive ketones (excluding diaryl/α,β-unsaturated/α-hetero) is 1. The highest BCUT2D eigenvalue weighted by molar-refractivity contribution is 7.81. The number of thiol groups is 1. The van der Waals surface area contributed by atoms with Gasteiger partial charge in [-0.3, -0.25) is 9.59 Å². The first-order valence-corrected chi connectivity index (χ1v) is 10.7. The molecule has 3 heterocycles. The molecule has 3 rings (SSSR count). The van der Waals surface area contributed by atoms with Crippen molar-refractivity contribution in [3.63, 3.8) is 0 Å². The number of hydrogen-bond acceptors (Lipinski definition) is 9. The van der Waals surface area contributed by atoms with E-state index in [0.717, 1.165) is 18.6 Å². The molecule has 0 unspecified atom stereocenters. The average molecular weight is 433 g/mol. The molecular weight excluding hydrogens is 404 g/mol. The van der Waals surface area contributed by atoms with Crippen LogP contribution < -0.4 is 0 Å². The van der Waals surface area contributed by atoms with E-state index in [2.05, 4.69) is 17.4 Å². The number of rotatable bonds is 4. The molecule has 0 aliphatic carbocycles. The monoisotopic (exact) mass is 432 g/mol. The minimum atomic E-state index is -0.258. The zero-order valence-electron chi connectivity index (χ0n) is 16.4. The molecule has 0 aromatic carbocycles. The Morgan fingerprint density at radius 2 is 1.71 bits per heavy atom. The SMILES string of the molecule is CCOC(=O)CS.CCOC(=O)c1cc2c(s1)CCOC2.O=C1CCOCC1. The molecule has 0 bridgehead atoms. The maximum atomic E-state index is 11.4. The summed E-state index contributed by atoms with van der Waals surface area (Å²) in [5.74, 6) is 0.0392. The number of carbonyl (C=O) groups is 3. The van der Waals surface area contributed by atoms with Crippen molar-refractivity contribution in [1.29, 1.82) is 0 Å². The number of ketones is 1. The number of carbonyl (C=O) groups excluding carboxylic acids is 3. The van der Waals surface area contributed by atoms with Crippen LogP contribution in [0.4, 0.5) is 0 Å². The first kappa shape index (κ1) is 24.6. The summed E-state index contributed by atoms with van der Waals surface area (Å²) in [5.41, 5.74) is 1.14. The van der Waals surface area contributed by atoms with Gasteiger partial charge >= 0.3 is 11.9 Å². The van der Waals surface area contributed by atoms with Gasteiger partial charge in [0.2, 0.25) is 0 Å². The van der Waals surface area contributed by atoms with Gasteiger partial charge in [-0.15, -0.1) is 11.3 Å². The maximum absolute atomic E-state index is 11.4. The summed E-state index contributed by atoms with van der Waals surface area (Å²) in [4.78, 5) is 33.9. The number of ether oxygens (including phenoxy) is 4. The molecule has 1 saturated heterocycles. The first-order chi connectivity index (χ1) is 13.5. The van der Waals surface area contributed by atoms with E-state index in [1.54, 1.807) is 6.92 Å². The number of thiophene rings is 1. The van der Waals surface area contributed by atoms with Crippen LogP contribution in [-0.2, 0) is 41.6 Å². The van der Waals surface area contributed by atoms with E-state index < -0.39 is 0 Å². The van der Waals surface area contributed by atoms with Crippen LogP contribution in [0.2, 0.25) is 0 Å². The molecule has 1 aromatic rings. The lowest BCUT2D eigenvalue weighted by Gasteiger charge is -2.10. The van der Waals surface area contributed by atoms with Crippen LogP contribution in [0.15, 0.2) is 6.07 Å². The second kappa shape index (κ2) is 14.6. The zero-order valence-corrected chi connectivity index (χ0v) is 18.1. The molecule has 1 fully saturated rings. The number of fused-ring (bicyclic) bond motifs is 1. The number of hydrogen-bond donors (Lipinski definition) is 1. The fourth-order valence-electron chi connectivity index (χ4n) is 2.26. The highest BCUT2D eigenvalue weighted by Gasteiger charge is 2.17. The summed E-state index contributed by atoms with van der Waals surface area (Å²) in [6.45, 7) is 7.12. The van der Waals surface area contributed by atoms with Crippen LogP contribution >= 0.6 is 24.0 Å². The van der Waals surface area contributed by atoms with Crippen molar-refractivity contribution >= 4 is 41.7 Å². The van der Waals surface area contributed by atoms with Gasteiger partial charge in [-0.25, -0.2) is 4.79 Å². The second-order valence-electron chi connectivity index (χ2n) is 5.70. The Kier molecular flexibility index (Phi) is 12.8. The molecule has 9 heteroatoms. The van der Waals surface area contributed by atoms with E-state index in [-0.39, 0.29) is 17.7 Å². The fraction of sp³-hybridized carbons (Fsp3) is 0.632. The summed E-state index contributed by atoms with van der Waals surface area (Å²) < 4.78 is 19.6. The van der Waals surface area contributed by atoms with E-state index in [1.165, 1.54) is 16.2 Å². The van der Waals surface area contributed by atoms with Gasteiger partial charge in [0.1, 0.15) is 10.7 Å². The molecule has 0 amide bonds. The Morgan fingerprint density at radius 3 is 2.18 bits per heavy atom. The quantitative estimate of drug-likeness (QED) is 0.578. The van der Waals surface area contributed by atoms with Crippen molar-refractivity contribution < 1.29 is 33.3 Å². The zero-order chi connectivity index (χ0) is 20.8. The molecule has 2 aliphatic rings. The summed E-state index contributed by atoms with van der Waals surface area (Å²) in [6.07, 6.45) is 2.17. The van der Waals surface area contributed by atoms with Crippen LogP contribution in [0.5, 0.6) is 0 Å². The van der Waals surface area contributed by atoms with Gasteiger partial charge in [0.15, 0.2) is 0 Å². The van der Waals surface area contributed by atoms with Crippen LogP contribution in [0.1, 0.15) is 46.8 Å². The van der Waals surface area contributed by atoms with Crippen LogP contribution in [-0.4, -0.2) is 56.5 Å². The number of esters is 2. The highest BCUT2D eigenvalue weighted by atomic mass is 32.1. The smallest absolute Gasteiger partial charge is 0.348 e. The van der Waals surface area contributed by atoms with Gasteiger partial charge in [-0.2, -0.15) is 12.6 Å². The van der Waals surface area contributed by atoms with E-state index in [1.807, 2.05) is 13.0 Å². The normalized spacial score (nSPS) is 15.2. The molecule has 0 saturated carbocycles. The molecule has 7 nitrogen and oxygen atoms in total. The largest absolute Gasteiger partial charge is 0.465 e. The van der Waals surface area contributed by atoms with Crippen molar-refractivity contribution in [1.82, 2.24) is 0 Å². The molecule has 2 aliphatic heterocycles. The molecule has 0 atom stereocenters. The summed E-state index contributed by atoms with van der Waals surface area (Å²) in [5, 5.41) is 0. The Hall–Kier alpha value is -1.42. The Morgan fingerprint density at radius 1 is 1.07 bits per heavy atom. The third-order valence-corrected chi connectivity index (χ3v) is 5.06. The van der Waals surface area contributed by atoms with E-state index in [0.29, 0.717) is 56.5 Å². The van der Waals surface area contributed by atoms with Crippen molar-refractivity contribution in [2.24, 2.45) is 0 Å². The first-order valence-electron chi connectivity index (χ1n) is 9.24. The Labute approximate surface area is 175 Å². The van der Waals surface area contributed by atoms with E-state index in [9.17, 15) is 14.4 Å². The topological polar surface area (TPSA) is 88.1 Å². The van der Waals surface area contributed by atoms with Crippen LogP contribution in [0.3, 0.4) is 0 Å². The molecule has 158 valence electrons. The Bertz CT molecular complexity index is 589. The van der Waals surface area contributed by atoms with Crippen molar-refractivity contribution in [3.05, 3.63) is 21.4 Å². The lowest BCUT2D eigenvalue weighted by molar-refractivity contribution is -0.139. The standard InChI is InChI=1S/C10H12O3S.C5H8O2.C4H8O2S/c1-2-13-10(11)9-5-7-6-12-4-3-8(7)14-9;6-5-1-3-7-4-2-5;1-2-6-4(5)3-7/h5H,2-4,6H2,1H3;1-4H2;7H,2-3H2,1H3. The third kappa shape index (κ3) is 9.68. The molecule has 1 aromatic heterocycles. The lowest BCUT2D eigenvalue weighted by atomic mass is 10.2. The second-order valence-corrected chi connectivity index (χ2v) is 7.15. The average Bonchev–Trinajstić information content (AvgIpc) is 3.14. The lowest BCUT2D eigenvalue weighted by Crippen LogP contribution is -2.14. The van der Waals surface area contributed by atoms with Gasteiger partial charge in [-0.1, -0.05) is 0 Å². The fourth-order valence-corrected chi connectivity index (χ4v) is 3.39. The third-order valence-electron chi connectivity index (χ3n) is 3.59. The molecule has 28 heavy (non-hydrogen) atoms. The van der Waals surface area contributed by atoms with Gasteiger partial charge in [0, 0.05) is 24.1 Å². The van der Waals surface area contributed by atoms with Crippen molar-refractivity contribution in [2.75, 3.05) is 38.8 Å². The summed E-state index contributed by atoms with van der Waals surface area (Å²) >= 11 is 5.20. The van der Waals surface area contributed by atoms with Crippen LogP contribution in [0, 0.1) is 0 Å². The Balaban J connectivity index is 0.000000237. The van der Waals surface area contributed by atoms with Gasteiger partial charge in [0.05, 0.1) is 45.4 Å². The van der Waals surface area contributed by atoms with E-state index >= 15 is 0 Å². The summed E-state index contributed by atoms with van der Waals surface area (Å²) in [7, 11) is 0. The molecule has 0 N–H and O–H groups in total. The predicted octanol–water partition coefficient (Wildman–Crippen LogP) is 2.84. The summed E-state index contributed by atoms with van der Waals surface area (Å²) in [6, 6.07) is 1.89. The maximum Gasteiger partial charge on any atom is 0.348 e. The minimum absolute atomic E-state index is 0.174. The molecule has 0 radical (unpaired) electrons. The molecule has 0 spiro atoms.